The molecule has 1 aromatic rings. The minimum atomic E-state index is -0.696. The monoisotopic (exact) mass is 429 g/mol. The molecular formula is C21H27N5O3S. The van der Waals surface area contributed by atoms with Crippen LogP contribution in [0.15, 0.2) is 30.3 Å². The zero-order valence-corrected chi connectivity index (χ0v) is 18.0. The summed E-state index contributed by atoms with van der Waals surface area (Å²) in [5, 5.41) is 2.82. The van der Waals surface area contributed by atoms with Crippen LogP contribution in [0.2, 0.25) is 0 Å². The Kier molecular flexibility index (Phi) is 6.90. The van der Waals surface area contributed by atoms with Crippen molar-refractivity contribution in [3.8, 4) is 12.3 Å². The summed E-state index contributed by atoms with van der Waals surface area (Å²) in [7, 11) is 0. The van der Waals surface area contributed by atoms with Crippen molar-refractivity contribution < 1.29 is 14.4 Å². The van der Waals surface area contributed by atoms with Crippen molar-refractivity contribution in [2.45, 2.75) is 31.6 Å². The summed E-state index contributed by atoms with van der Waals surface area (Å²) in [6, 6.07) is 8.13. The number of piperazine rings is 1. The number of urea groups is 1. The summed E-state index contributed by atoms with van der Waals surface area (Å²) in [4.78, 5) is 42.1. The molecule has 2 aliphatic heterocycles. The minimum absolute atomic E-state index is 0.0800. The number of terminal acetylenes is 1. The molecule has 2 saturated heterocycles. The van der Waals surface area contributed by atoms with Crippen LogP contribution in [0.4, 0.5) is 4.79 Å². The van der Waals surface area contributed by atoms with Gasteiger partial charge in [0.05, 0.1) is 25.7 Å². The smallest absolute Gasteiger partial charge is 0.331 e. The number of hydrogen-bond donors (Lipinski definition) is 1. The average Bonchev–Trinajstić information content (AvgIpc) is 2.73. The Bertz CT molecular complexity index is 843. The van der Waals surface area contributed by atoms with Gasteiger partial charge in [-0.2, -0.15) is 16.8 Å². The van der Waals surface area contributed by atoms with Gasteiger partial charge in [0.1, 0.15) is 12.2 Å². The molecular weight excluding hydrogens is 402 g/mol. The van der Waals surface area contributed by atoms with Gasteiger partial charge in [0.15, 0.2) is 0 Å². The molecule has 0 spiro atoms. The fourth-order valence-electron chi connectivity index (χ4n) is 4.19. The number of nitrogens with zero attached hydrogens (tertiary/aromatic N) is 4. The van der Waals surface area contributed by atoms with E-state index in [4.69, 9.17) is 12.2 Å². The lowest BCUT2D eigenvalue weighted by Crippen LogP contribution is -2.76. The summed E-state index contributed by atoms with van der Waals surface area (Å²) in [6.45, 7) is 2.12. The number of amides is 4. The zero-order chi connectivity index (χ0) is 21.8. The van der Waals surface area contributed by atoms with Crippen molar-refractivity contribution in [1.82, 2.24) is 19.8 Å². The van der Waals surface area contributed by atoms with Gasteiger partial charge in [-0.05, 0) is 30.9 Å². The third kappa shape index (κ3) is 4.11. The summed E-state index contributed by atoms with van der Waals surface area (Å²) in [5.41, 5.74) is 6.67. The average molecular weight is 430 g/mol. The molecule has 2 N–H and O–H groups in total. The third-order valence-electron chi connectivity index (χ3n) is 5.62. The van der Waals surface area contributed by atoms with Crippen LogP contribution in [0.5, 0.6) is 0 Å². The van der Waals surface area contributed by atoms with E-state index in [1.54, 1.807) is 16.7 Å². The number of hydrazine groups is 1. The van der Waals surface area contributed by atoms with Gasteiger partial charge in [0.25, 0.3) is 0 Å². The lowest BCUT2D eigenvalue weighted by atomic mass is 9.99. The molecule has 0 bridgehead atoms. The van der Waals surface area contributed by atoms with Gasteiger partial charge in [-0.3, -0.25) is 9.59 Å². The first-order valence-corrected chi connectivity index (χ1v) is 11.2. The van der Waals surface area contributed by atoms with Gasteiger partial charge in [-0.15, -0.1) is 6.42 Å². The number of carbonyl (C=O) groups excluding carboxylic acids is 3. The van der Waals surface area contributed by atoms with Crippen LogP contribution in [0.1, 0.15) is 24.9 Å². The van der Waals surface area contributed by atoms with Gasteiger partial charge >= 0.3 is 6.03 Å². The van der Waals surface area contributed by atoms with Gasteiger partial charge in [0, 0.05) is 0 Å². The van der Waals surface area contributed by atoms with E-state index in [1.165, 1.54) is 14.9 Å². The minimum Gasteiger partial charge on any atom is -0.350 e. The molecule has 0 radical (unpaired) electrons. The lowest BCUT2D eigenvalue weighted by Gasteiger charge is -2.55. The van der Waals surface area contributed by atoms with Crippen molar-refractivity contribution >= 4 is 29.6 Å². The predicted molar refractivity (Wildman–Crippen MR) is 116 cm³/mol. The second-order valence-corrected chi connectivity index (χ2v) is 8.35. The SMILES string of the molecule is C#CCN1CC(=O)N2C(CN(C(C)c3ccccc3)C(=O)[C@@H]2CCSC)N1C(N)=O. The number of primary amides is 1. The van der Waals surface area contributed by atoms with E-state index in [2.05, 4.69) is 5.92 Å². The van der Waals surface area contributed by atoms with Crippen LogP contribution < -0.4 is 5.73 Å². The van der Waals surface area contributed by atoms with Gasteiger partial charge in [-0.1, -0.05) is 36.3 Å². The zero-order valence-electron chi connectivity index (χ0n) is 17.2. The first-order chi connectivity index (χ1) is 14.4. The van der Waals surface area contributed by atoms with E-state index in [-0.39, 0.29) is 37.5 Å². The molecule has 3 atom stereocenters. The highest BCUT2D eigenvalue weighted by molar-refractivity contribution is 7.98. The van der Waals surface area contributed by atoms with Crippen LogP contribution in [0.25, 0.3) is 0 Å². The molecule has 0 aromatic heterocycles. The van der Waals surface area contributed by atoms with Gasteiger partial charge in [-0.25, -0.2) is 9.80 Å². The van der Waals surface area contributed by atoms with Crippen LogP contribution in [0.3, 0.4) is 0 Å². The molecule has 2 unspecified atom stereocenters. The number of nitrogens with two attached hydrogens (primary N) is 1. The number of fused-ring (bicyclic) bond motifs is 1. The van der Waals surface area contributed by atoms with Crippen molar-refractivity contribution in [3.05, 3.63) is 35.9 Å². The number of benzene rings is 1. The number of rotatable bonds is 6. The van der Waals surface area contributed by atoms with Gasteiger partial charge in [0.2, 0.25) is 11.8 Å². The Hall–Kier alpha value is -2.70. The molecule has 8 nitrogen and oxygen atoms in total. The lowest BCUT2D eigenvalue weighted by molar-refractivity contribution is -0.190. The molecule has 4 amide bonds. The van der Waals surface area contributed by atoms with Crippen molar-refractivity contribution in [2.24, 2.45) is 5.73 Å². The molecule has 160 valence electrons. The Balaban J connectivity index is 2.00. The second-order valence-electron chi connectivity index (χ2n) is 7.37. The third-order valence-corrected chi connectivity index (χ3v) is 6.27. The molecule has 2 fully saturated rings. The van der Waals surface area contributed by atoms with Gasteiger partial charge < -0.3 is 15.5 Å². The molecule has 1 aromatic carbocycles. The maximum absolute atomic E-state index is 13.5. The molecule has 2 heterocycles. The maximum atomic E-state index is 13.5. The van der Waals surface area contributed by atoms with E-state index in [9.17, 15) is 14.4 Å². The molecule has 30 heavy (non-hydrogen) atoms. The normalized spacial score (nSPS) is 23.2. The maximum Gasteiger partial charge on any atom is 0.331 e. The van der Waals surface area contributed by atoms with Crippen LogP contribution in [-0.4, -0.2) is 81.5 Å². The Morgan fingerprint density at radius 3 is 2.63 bits per heavy atom. The van der Waals surface area contributed by atoms with E-state index >= 15 is 0 Å². The summed E-state index contributed by atoms with van der Waals surface area (Å²) < 4.78 is 0. The number of carbonyl (C=O) groups is 3. The van der Waals surface area contributed by atoms with E-state index < -0.39 is 18.2 Å². The van der Waals surface area contributed by atoms with Crippen molar-refractivity contribution in [1.29, 1.82) is 0 Å². The highest BCUT2D eigenvalue weighted by Gasteiger charge is 2.51. The van der Waals surface area contributed by atoms with Crippen LogP contribution in [-0.2, 0) is 9.59 Å². The van der Waals surface area contributed by atoms with Crippen LogP contribution in [0, 0.1) is 12.3 Å². The predicted octanol–water partition coefficient (Wildman–Crippen LogP) is 1.11. The molecule has 2 aliphatic rings. The Morgan fingerprint density at radius 1 is 1.33 bits per heavy atom. The Morgan fingerprint density at radius 2 is 2.03 bits per heavy atom. The van der Waals surface area contributed by atoms with Crippen molar-refractivity contribution in [2.75, 3.05) is 31.6 Å². The fourth-order valence-corrected chi connectivity index (χ4v) is 4.64. The largest absolute Gasteiger partial charge is 0.350 e. The topological polar surface area (TPSA) is 90.2 Å². The molecule has 0 saturated carbocycles. The molecule has 0 aliphatic carbocycles. The highest BCUT2D eigenvalue weighted by atomic mass is 32.2. The standard InChI is InChI=1S/C21H27N5O3S/c1-4-11-23-14-19(27)25-17(10-12-30-3)20(28)24(13-18(25)26(23)21(22)29)15(2)16-8-6-5-7-9-16/h1,5-9,15,17-18H,10-14H2,2-3H3,(H2,22,29)/t15?,17-,18?/m0/s1. The first-order valence-electron chi connectivity index (χ1n) is 9.83. The van der Waals surface area contributed by atoms with Crippen molar-refractivity contribution in [3.63, 3.8) is 0 Å². The van der Waals surface area contributed by atoms with Crippen LogP contribution >= 0.6 is 11.8 Å². The molecule has 3 rings (SSSR count). The quantitative estimate of drug-likeness (QED) is 0.685. The van der Waals surface area contributed by atoms with E-state index in [0.29, 0.717) is 12.2 Å². The number of thioether (sulfide) groups is 1. The highest BCUT2D eigenvalue weighted by Crippen LogP contribution is 2.32. The van der Waals surface area contributed by atoms with E-state index in [1.807, 2.05) is 43.5 Å². The molecule has 9 heteroatoms. The summed E-state index contributed by atoms with van der Waals surface area (Å²) >= 11 is 1.61. The van der Waals surface area contributed by atoms with E-state index in [0.717, 1.165) is 5.56 Å². The summed E-state index contributed by atoms with van der Waals surface area (Å²) in [5.74, 6) is 2.85. The second kappa shape index (κ2) is 9.41. The summed E-state index contributed by atoms with van der Waals surface area (Å²) in [6.07, 6.45) is 7.21. The Labute approximate surface area is 181 Å². The number of hydrogen-bond acceptors (Lipinski definition) is 5. The first kappa shape index (κ1) is 22.0. The fraction of sp³-hybridized carbons (Fsp3) is 0.476.